The summed E-state index contributed by atoms with van der Waals surface area (Å²) in [6, 6.07) is 12.7. The van der Waals surface area contributed by atoms with Crippen LogP contribution in [0.5, 0.6) is 0 Å². The summed E-state index contributed by atoms with van der Waals surface area (Å²) in [5.41, 5.74) is 2.16. The number of carbonyl (C=O) groups excluding carboxylic acids is 1. The molecular formula is C15H11ClN2OS. The van der Waals surface area contributed by atoms with Gasteiger partial charge in [0, 0.05) is 5.69 Å². The Hall–Kier alpha value is -1.91. The zero-order valence-electron chi connectivity index (χ0n) is 10.7. The normalized spacial score (nSPS) is 10.7. The quantitative estimate of drug-likeness (QED) is 0.756. The van der Waals surface area contributed by atoms with Crippen LogP contribution in [0.1, 0.15) is 15.4 Å². The van der Waals surface area contributed by atoms with E-state index in [9.17, 15) is 4.79 Å². The first-order valence-corrected chi connectivity index (χ1v) is 7.26. The van der Waals surface area contributed by atoms with E-state index in [1.807, 2.05) is 25.1 Å². The molecule has 1 aromatic heterocycles. The molecule has 3 aromatic rings. The van der Waals surface area contributed by atoms with Crippen LogP contribution in [0.2, 0.25) is 5.02 Å². The number of aryl methyl sites for hydroxylation is 1. The fourth-order valence-electron chi connectivity index (χ4n) is 1.96. The summed E-state index contributed by atoms with van der Waals surface area (Å²) < 4.78 is 1.06. The number of thiazole rings is 1. The third kappa shape index (κ3) is 2.53. The van der Waals surface area contributed by atoms with Crippen molar-refractivity contribution >= 4 is 44.7 Å². The molecule has 3 nitrogen and oxygen atoms in total. The Kier molecular flexibility index (Phi) is 3.42. The minimum Gasteiger partial charge on any atom is -0.322 e. The van der Waals surface area contributed by atoms with Crippen LogP contribution in [0.15, 0.2) is 42.5 Å². The average molecular weight is 303 g/mol. The van der Waals surface area contributed by atoms with E-state index in [0.29, 0.717) is 10.6 Å². The van der Waals surface area contributed by atoms with Crippen molar-refractivity contribution < 1.29 is 4.79 Å². The lowest BCUT2D eigenvalue weighted by atomic mass is 10.2. The van der Waals surface area contributed by atoms with Gasteiger partial charge in [-0.05, 0) is 37.3 Å². The maximum atomic E-state index is 12.2. The average Bonchev–Trinajstić information content (AvgIpc) is 2.78. The maximum Gasteiger partial charge on any atom is 0.257 e. The number of fused-ring (bicyclic) bond motifs is 1. The first-order chi connectivity index (χ1) is 9.63. The summed E-state index contributed by atoms with van der Waals surface area (Å²) in [6.45, 7) is 1.96. The van der Waals surface area contributed by atoms with Gasteiger partial charge in [0.2, 0.25) is 0 Å². The second kappa shape index (κ2) is 5.23. The number of nitrogens with zero attached hydrogens (tertiary/aromatic N) is 1. The van der Waals surface area contributed by atoms with Gasteiger partial charge in [-0.25, -0.2) is 4.98 Å². The molecule has 3 rings (SSSR count). The Morgan fingerprint density at radius 3 is 2.85 bits per heavy atom. The Labute approximate surface area is 125 Å². The Balaban J connectivity index is 1.89. The highest BCUT2D eigenvalue weighted by Gasteiger charge is 2.10. The number of benzene rings is 2. The molecule has 2 aromatic carbocycles. The highest BCUT2D eigenvalue weighted by molar-refractivity contribution is 7.18. The molecular weight excluding hydrogens is 292 g/mol. The van der Waals surface area contributed by atoms with E-state index in [0.717, 1.165) is 20.9 Å². The van der Waals surface area contributed by atoms with E-state index < -0.39 is 0 Å². The SMILES string of the molecule is Cc1nc2ccc(NC(=O)c3ccccc3Cl)cc2s1. The van der Waals surface area contributed by atoms with E-state index in [1.54, 1.807) is 35.6 Å². The van der Waals surface area contributed by atoms with Crippen LogP contribution in [0.25, 0.3) is 10.2 Å². The molecule has 0 fully saturated rings. The maximum absolute atomic E-state index is 12.2. The molecule has 1 N–H and O–H groups in total. The number of hydrogen-bond donors (Lipinski definition) is 1. The van der Waals surface area contributed by atoms with Crippen LogP contribution in [-0.2, 0) is 0 Å². The molecule has 0 aliphatic carbocycles. The molecule has 0 atom stereocenters. The number of nitrogens with one attached hydrogen (secondary N) is 1. The van der Waals surface area contributed by atoms with E-state index in [2.05, 4.69) is 10.3 Å². The van der Waals surface area contributed by atoms with E-state index in [4.69, 9.17) is 11.6 Å². The van der Waals surface area contributed by atoms with Crippen molar-refractivity contribution in [3.63, 3.8) is 0 Å². The van der Waals surface area contributed by atoms with Crippen LogP contribution in [-0.4, -0.2) is 10.9 Å². The molecule has 0 spiro atoms. The second-order valence-corrected chi connectivity index (χ2v) is 5.99. The van der Waals surface area contributed by atoms with Crippen molar-refractivity contribution in [2.75, 3.05) is 5.32 Å². The molecule has 0 bridgehead atoms. The molecule has 1 amide bonds. The predicted molar refractivity (Wildman–Crippen MR) is 83.8 cm³/mol. The van der Waals surface area contributed by atoms with Gasteiger partial charge in [0.05, 0.1) is 25.8 Å². The molecule has 5 heteroatoms. The summed E-state index contributed by atoms with van der Waals surface area (Å²) >= 11 is 7.62. The van der Waals surface area contributed by atoms with Gasteiger partial charge in [-0.2, -0.15) is 0 Å². The van der Waals surface area contributed by atoms with Crippen molar-refractivity contribution in [2.45, 2.75) is 6.92 Å². The Morgan fingerprint density at radius 2 is 2.05 bits per heavy atom. The molecule has 0 aliphatic heterocycles. The zero-order valence-corrected chi connectivity index (χ0v) is 12.3. The van der Waals surface area contributed by atoms with Crippen LogP contribution < -0.4 is 5.32 Å². The number of hydrogen-bond acceptors (Lipinski definition) is 3. The van der Waals surface area contributed by atoms with E-state index >= 15 is 0 Å². The molecule has 0 aliphatic rings. The van der Waals surface area contributed by atoms with Gasteiger partial charge in [-0.3, -0.25) is 4.79 Å². The smallest absolute Gasteiger partial charge is 0.257 e. The van der Waals surface area contributed by atoms with Crippen molar-refractivity contribution in [1.82, 2.24) is 4.98 Å². The summed E-state index contributed by atoms with van der Waals surface area (Å²) in [5, 5.41) is 4.31. The molecule has 0 saturated heterocycles. The third-order valence-corrected chi connectivity index (χ3v) is 4.13. The standard InChI is InChI=1S/C15H11ClN2OS/c1-9-17-13-7-6-10(8-14(13)20-9)18-15(19)11-4-2-3-5-12(11)16/h2-8H,1H3,(H,18,19). The monoisotopic (exact) mass is 302 g/mol. The van der Waals surface area contributed by atoms with Crippen LogP contribution in [0.4, 0.5) is 5.69 Å². The summed E-state index contributed by atoms with van der Waals surface area (Å²) in [7, 11) is 0. The number of aromatic nitrogens is 1. The Morgan fingerprint density at radius 1 is 1.25 bits per heavy atom. The van der Waals surface area contributed by atoms with Crippen LogP contribution in [0.3, 0.4) is 0 Å². The molecule has 0 saturated carbocycles. The second-order valence-electron chi connectivity index (χ2n) is 4.35. The first-order valence-electron chi connectivity index (χ1n) is 6.06. The van der Waals surface area contributed by atoms with Gasteiger partial charge < -0.3 is 5.32 Å². The topological polar surface area (TPSA) is 42.0 Å². The van der Waals surface area contributed by atoms with Gasteiger partial charge in [-0.15, -0.1) is 11.3 Å². The highest BCUT2D eigenvalue weighted by Crippen LogP contribution is 2.25. The highest BCUT2D eigenvalue weighted by atomic mass is 35.5. The fourth-order valence-corrected chi connectivity index (χ4v) is 3.05. The minimum atomic E-state index is -0.212. The molecule has 20 heavy (non-hydrogen) atoms. The van der Waals surface area contributed by atoms with E-state index in [1.165, 1.54) is 0 Å². The van der Waals surface area contributed by atoms with Gasteiger partial charge >= 0.3 is 0 Å². The van der Waals surface area contributed by atoms with Crippen LogP contribution >= 0.6 is 22.9 Å². The molecule has 1 heterocycles. The van der Waals surface area contributed by atoms with Gasteiger partial charge in [0.1, 0.15) is 0 Å². The van der Waals surface area contributed by atoms with Gasteiger partial charge in [0.25, 0.3) is 5.91 Å². The lowest BCUT2D eigenvalue weighted by Crippen LogP contribution is -2.12. The molecule has 0 radical (unpaired) electrons. The van der Waals surface area contributed by atoms with Crippen molar-refractivity contribution in [2.24, 2.45) is 0 Å². The number of rotatable bonds is 2. The number of carbonyl (C=O) groups is 1. The molecule has 100 valence electrons. The lowest BCUT2D eigenvalue weighted by Gasteiger charge is -2.06. The number of amides is 1. The largest absolute Gasteiger partial charge is 0.322 e. The van der Waals surface area contributed by atoms with Crippen molar-refractivity contribution in [1.29, 1.82) is 0 Å². The van der Waals surface area contributed by atoms with Crippen molar-refractivity contribution in [3.05, 3.63) is 58.1 Å². The van der Waals surface area contributed by atoms with E-state index in [-0.39, 0.29) is 5.91 Å². The first kappa shape index (κ1) is 13.1. The van der Waals surface area contributed by atoms with Crippen LogP contribution in [0, 0.1) is 6.92 Å². The fraction of sp³-hybridized carbons (Fsp3) is 0.0667. The molecule has 0 unspecified atom stereocenters. The Bertz CT molecular complexity index is 797. The predicted octanol–water partition coefficient (Wildman–Crippen LogP) is 4.51. The third-order valence-electron chi connectivity index (χ3n) is 2.87. The summed E-state index contributed by atoms with van der Waals surface area (Å²) in [5.74, 6) is -0.212. The number of halogens is 1. The lowest BCUT2D eigenvalue weighted by molar-refractivity contribution is 0.102. The van der Waals surface area contributed by atoms with Gasteiger partial charge in [0.15, 0.2) is 0 Å². The summed E-state index contributed by atoms with van der Waals surface area (Å²) in [4.78, 5) is 16.6. The minimum absolute atomic E-state index is 0.212. The summed E-state index contributed by atoms with van der Waals surface area (Å²) in [6.07, 6.45) is 0. The number of anilines is 1. The van der Waals surface area contributed by atoms with Gasteiger partial charge in [-0.1, -0.05) is 23.7 Å². The van der Waals surface area contributed by atoms with Crippen molar-refractivity contribution in [3.8, 4) is 0 Å². The zero-order chi connectivity index (χ0) is 14.1.